The molecule has 0 aromatic heterocycles. The minimum Gasteiger partial charge on any atom is -0.348 e. The second kappa shape index (κ2) is 18.7. The largest absolute Gasteiger partial charge is 0.405 e. The summed E-state index contributed by atoms with van der Waals surface area (Å²) in [7, 11) is -2.47. The topological polar surface area (TPSA) is 166 Å². The van der Waals surface area contributed by atoms with Crippen LogP contribution >= 0.6 is 0 Å². The number of benzene rings is 3. The Morgan fingerprint density at radius 1 is 0.774 bits per heavy atom. The Hall–Kier alpha value is -4.96. The van der Waals surface area contributed by atoms with Gasteiger partial charge < -0.3 is 26.6 Å². The first-order chi connectivity index (χ1) is 24.7. The van der Waals surface area contributed by atoms with Crippen LogP contribution in [-0.4, -0.2) is 82.7 Å². The van der Waals surface area contributed by atoms with Gasteiger partial charge in [0.25, 0.3) is 11.8 Å². The molecule has 3 rings (SSSR count). The van der Waals surface area contributed by atoms with Crippen molar-refractivity contribution in [2.24, 2.45) is 5.92 Å². The van der Waals surface area contributed by atoms with Gasteiger partial charge in [-0.15, -0.1) is 0 Å². The summed E-state index contributed by atoms with van der Waals surface area (Å²) in [5.41, 5.74) is 1.82. The average molecular weight is 761 g/mol. The van der Waals surface area contributed by atoms with Gasteiger partial charge in [-0.05, 0) is 55.5 Å². The van der Waals surface area contributed by atoms with Crippen molar-refractivity contribution in [3.05, 3.63) is 101 Å². The van der Waals surface area contributed by atoms with Crippen molar-refractivity contribution in [2.45, 2.75) is 64.5 Å². The Balaban J connectivity index is 1.84. The third kappa shape index (κ3) is 13.5. The molecule has 0 aliphatic carbocycles. The van der Waals surface area contributed by atoms with E-state index in [1.807, 2.05) is 60.7 Å². The smallest absolute Gasteiger partial charge is 0.348 e. The van der Waals surface area contributed by atoms with E-state index in [9.17, 15) is 40.8 Å². The van der Waals surface area contributed by atoms with Crippen LogP contribution in [0.25, 0.3) is 0 Å². The zero-order valence-corrected chi connectivity index (χ0v) is 31.3. The highest BCUT2D eigenvalue weighted by molar-refractivity contribution is 7.92. The molecular weight excluding hydrogens is 714 g/mol. The van der Waals surface area contributed by atoms with Gasteiger partial charge in [0.15, 0.2) is 0 Å². The minimum absolute atomic E-state index is 0.00371. The van der Waals surface area contributed by atoms with E-state index in [0.717, 1.165) is 21.7 Å². The van der Waals surface area contributed by atoms with Crippen molar-refractivity contribution in [3.63, 3.8) is 0 Å². The van der Waals surface area contributed by atoms with Gasteiger partial charge >= 0.3 is 6.18 Å². The van der Waals surface area contributed by atoms with Crippen LogP contribution in [0.15, 0.2) is 78.9 Å². The molecule has 0 unspecified atom stereocenters. The molecule has 0 saturated heterocycles. The lowest BCUT2D eigenvalue weighted by atomic mass is 10.0. The lowest BCUT2D eigenvalue weighted by Crippen LogP contribution is -2.56. The minimum atomic E-state index is -4.62. The van der Waals surface area contributed by atoms with Crippen molar-refractivity contribution < 1.29 is 40.8 Å². The van der Waals surface area contributed by atoms with E-state index >= 15 is 0 Å². The number of anilines is 1. The Labute approximate surface area is 308 Å². The van der Waals surface area contributed by atoms with E-state index in [-0.39, 0.29) is 23.4 Å². The number of alkyl halides is 3. The molecule has 12 nitrogen and oxygen atoms in total. The molecule has 5 N–H and O–H groups in total. The van der Waals surface area contributed by atoms with E-state index in [1.54, 1.807) is 26.1 Å². The Kier molecular flexibility index (Phi) is 15.0. The van der Waals surface area contributed by atoms with E-state index in [1.165, 1.54) is 32.2 Å². The highest BCUT2D eigenvalue weighted by atomic mass is 32.2. The summed E-state index contributed by atoms with van der Waals surface area (Å²) in [6.45, 7) is 4.97. The predicted octanol–water partition coefficient (Wildman–Crippen LogP) is 3.71. The SMILES string of the molecule is CC(C)[C@H](NC(=O)[C@H](C)NC[C@H](Cc1ccccc1)NC(=O)c1cc(C(=O)N[C@H](C)c2ccccc2)cc(N(C)S(C)(=O)=O)c1)C(=O)NCC(F)(F)F. The van der Waals surface area contributed by atoms with E-state index in [2.05, 4.69) is 21.3 Å². The second-order valence-electron chi connectivity index (χ2n) is 13.2. The van der Waals surface area contributed by atoms with Crippen LogP contribution in [0.3, 0.4) is 0 Å². The van der Waals surface area contributed by atoms with Crippen LogP contribution in [0.4, 0.5) is 18.9 Å². The number of nitrogens with zero attached hydrogens (tertiary/aromatic N) is 1. The number of rotatable bonds is 17. The first kappa shape index (κ1) is 42.5. The molecule has 0 heterocycles. The number of carbonyl (C=O) groups excluding carboxylic acids is 4. The third-order valence-electron chi connectivity index (χ3n) is 8.38. The number of sulfonamides is 1. The van der Waals surface area contributed by atoms with Gasteiger partial charge in [-0.1, -0.05) is 74.5 Å². The van der Waals surface area contributed by atoms with Crippen LogP contribution in [0.5, 0.6) is 0 Å². The molecule has 0 bridgehead atoms. The lowest BCUT2D eigenvalue weighted by molar-refractivity contribution is -0.141. The Morgan fingerprint density at radius 3 is 1.85 bits per heavy atom. The summed E-state index contributed by atoms with van der Waals surface area (Å²) in [6, 6.07) is 19.2. The predicted molar refractivity (Wildman–Crippen MR) is 197 cm³/mol. The molecule has 3 aromatic rings. The fourth-order valence-corrected chi connectivity index (χ4v) is 5.70. The zero-order valence-electron chi connectivity index (χ0n) is 30.5. The Morgan fingerprint density at radius 2 is 1.32 bits per heavy atom. The number of amides is 4. The summed E-state index contributed by atoms with van der Waals surface area (Å²) in [6.07, 6.45) is -3.32. The number of carbonyl (C=O) groups is 4. The van der Waals surface area contributed by atoms with Crippen molar-refractivity contribution in [1.82, 2.24) is 26.6 Å². The molecular formula is C37H47F3N6O6S. The molecule has 288 valence electrons. The first-order valence-electron chi connectivity index (χ1n) is 16.9. The maximum Gasteiger partial charge on any atom is 0.405 e. The van der Waals surface area contributed by atoms with Crippen molar-refractivity contribution in [2.75, 3.05) is 30.7 Å². The van der Waals surface area contributed by atoms with Crippen LogP contribution in [0.2, 0.25) is 0 Å². The molecule has 4 amide bonds. The number of nitrogens with one attached hydrogen (secondary N) is 5. The number of hydrogen-bond donors (Lipinski definition) is 5. The molecule has 53 heavy (non-hydrogen) atoms. The van der Waals surface area contributed by atoms with E-state index in [4.69, 9.17) is 0 Å². The molecule has 0 spiro atoms. The molecule has 0 aliphatic heterocycles. The fraction of sp³-hybridized carbons (Fsp3) is 0.405. The van der Waals surface area contributed by atoms with Gasteiger partial charge in [0.05, 0.1) is 24.0 Å². The summed E-state index contributed by atoms with van der Waals surface area (Å²) < 4.78 is 63.9. The van der Waals surface area contributed by atoms with Gasteiger partial charge in [0, 0.05) is 30.8 Å². The Bertz CT molecular complexity index is 1830. The van der Waals surface area contributed by atoms with Crippen LogP contribution in [0, 0.1) is 5.92 Å². The van der Waals surface area contributed by atoms with Crippen molar-refractivity contribution in [1.29, 1.82) is 0 Å². The van der Waals surface area contributed by atoms with Gasteiger partial charge in [0.2, 0.25) is 21.8 Å². The molecule has 3 aromatic carbocycles. The highest BCUT2D eigenvalue weighted by Gasteiger charge is 2.32. The van der Waals surface area contributed by atoms with Crippen LogP contribution in [-0.2, 0) is 26.0 Å². The third-order valence-corrected chi connectivity index (χ3v) is 9.59. The van der Waals surface area contributed by atoms with Gasteiger partial charge in [0.1, 0.15) is 12.6 Å². The number of hydrogen-bond acceptors (Lipinski definition) is 7. The summed E-state index contributed by atoms with van der Waals surface area (Å²) in [4.78, 5) is 52.8. The molecule has 16 heteroatoms. The van der Waals surface area contributed by atoms with Gasteiger partial charge in [-0.2, -0.15) is 13.2 Å². The zero-order chi connectivity index (χ0) is 39.5. The van der Waals surface area contributed by atoms with Crippen LogP contribution in [0.1, 0.15) is 65.6 Å². The molecule has 0 fully saturated rings. The summed E-state index contributed by atoms with van der Waals surface area (Å²) in [5, 5.41) is 13.1. The first-order valence-corrected chi connectivity index (χ1v) is 18.8. The molecule has 4 atom stereocenters. The number of halogens is 3. The summed E-state index contributed by atoms with van der Waals surface area (Å²) in [5.74, 6) is -3.30. The molecule has 0 radical (unpaired) electrons. The second-order valence-corrected chi connectivity index (χ2v) is 15.2. The standard InChI is InChI=1S/C37H47F3N6O6S/c1-23(2)32(36(50)42-22-37(38,39)40)45-33(47)25(4)41-21-30(17-26-13-9-7-10-14-26)44-35(49)29-18-28(19-31(20-29)46(5)53(6,51)52)34(48)43-24(3)27-15-11-8-12-16-27/h7-16,18-20,23-25,30,32,41H,17,21-22H2,1-6H3,(H,42,50)(H,43,48)(H,44,49)(H,45,47)/t24-,25+,30+,32+/m1/s1. The van der Waals surface area contributed by atoms with Crippen molar-refractivity contribution in [3.8, 4) is 0 Å². The monoisotopic (exact) mass is 760 g/mol. The van der Waals surface area contributed by atoms with Crippen molar-refractivity contribution >= 4 is 39.3 Å². The maximum atomic E-state index is 13.9. The van der Waals surface area contributed by atoms with Gasteiger partial charge in [-0.3, -0.25) is 23.5 Å². The molecule has 0 aliphatic rings. The van der Waals surface area contributed by atoms with Gasteiger partial charge in [-0.25, -0.2) is 8.42 Å². The average Bonchev–Trinajstić information content (AvgIpc) is 3.10. The van der Waals surface area contributed by atoms with E-state index < -0.39 is 76.5 Å². The molecule has 0 saturated carbocycles. The summed E-state index contributed by atoms with van der Waals surface area (Å²) >= 11 is 0. The highest BCUT2D eigenvalue weighted by Crippen LogP contribution is 2.22. The lowest BCUT2D eigenvalue weighted by Gasteiger charge is -2.26. The maximum absolute atomic E-state index is 13.9. The quantitative estimate of drug-likeness (QED) is 0.140. The normalized spacial score (nSPS) is 14.0. The van der Waals surface area contributed by atoms with E-state index in [0.29, 0.717) is 6.42 Å². The van der Waals surface area contributed by atoms with Crippen LogP contribution < -0.4 is 30.9 Å². The fourth-order valence-electron chi connectivity index (χ4n) is 5.22.